The molecule has 4 rings (SSSR count). The van der Waals surface area contributed by atoms with Gasteiger partial charge in [0.1, 0.15) is 17.4 Å². The molecule has 0 bridgehead atoms. The molecule has 0 saturated carbocycles. The van der Waals surface area contributed by atoms with Gasteiger partial charge in [-0.2, -0.15) is 0 Å². The van der Waals surface area contributed by atoms with Crippen molar-refractivity contribution in [1.82, 2.24) is 9.55 Å². The fourth-order valence-corrected chi connectivity index (χ4v) is 4.55. The first kappa shape index (κ1) is 25.9. The van der Waals surface area contributed by atoms with E-state index in [2.05, 4.69) is 15.6 Å². The summed E-state index contributed by atoms with van der Waals surface area (Å²) in [5, 5.41) is 6.35. The van der Waals surface area contributed by atoms with E-state index in [-0.39, 0.29) is 5.69 Å². The fourth-order valence-electron chi connectivity index (χ4n) is 4.55. The number of fused-ring (bicyclic) bond motifs is 1. The van der Waals surface area contributed by atoms with Crippen LogP contribution in [0.25, 0.3) is 11.0 Å². The standard InChI is InChI=1S/C28H33N5O4/c1-5-15-33(16-6-2)24-23(25(34)26(24)35)30-21(27(36)37-4)17-18-11-13-19(14-12-18)29-28-31-20-9-7-8-10-22(20)32(28)3/h7-14,21,30H,5-6,15-17H2,1-4H3,(H,29,31)/t21-/m0/s1. The Balaban J connectivity index is 1.51. The largest absolute Gasteiger partial charge is 0.467 e. The number of rotatable bonds is 12. The van der Waals surface area contributed by atoms with Crippen molar-refractivity contribution in [3.63, 3.8) is 0 Å². The highest BCUT2D eigenvalue weighted by Gasteiger charge is 2.30. The van der Waals surface area contributed by atoms with Crippen molar-refractivity contribution in [2.24, 2.45) is 7.05 Å². The number of hydrogen-bond donors (Lipinski definition) is 2. The monoisotopic (exact) mass is 503 g/mol. The zero-order valence-corrected chi connectivity index (χ0v) is 21.7. The predicted molar refractivity (Wildman–Crippen MR) is 148 cm³/mol. The maximum absolute atomic E-state index is 12.6. The molecule has 0 radical (unpaired) electrons. The van der Waals surface area contributed by atoms with Crippen LogP contribution in [-0.4, -0.2) is 41.8 Å². The first-order valence-electron chi connectivity index (χ1n) is 12.6. The number of aryl methyl sites for hydroxylation is 1. The molecule has 0 unspecified atom stereocenters. The highest BCUT2D eigenvalue weighted by molar-refractivity contribution is 5.84. The number of aromatic nitrogens is 2. The predicted octanol–water partition coefficient (Wildman–Crippen LogP) is 3.74. The van der Waals surface area contributed by atoms with Gasteiger partial charge >= 0.3 is 5.97 Å². The molecule has 9 nitrogen and oxygen atoms in total. The number of benzene rings is 2. The molecule has 9 heteroatoms. The van der Waals surface area contributed by atoms with Gasteiger partial charge in [0.05, 0.1) is 18.1 Å². The molecular weight excluding hydrogens is 470 g/mol. The van der Waals surface area contributed by atoms with Gasteiger partial charge in [-0.05, 0) is 42.7 Å². The van der Waals surface area contributed by atoms with Crippen LogP contribution in [0.3, 0.4) is 0 Å². The van der Waals surface area contributed by atoms with Gasteiger partial charge in [0.25, 0.3) is 10.9 Å². The van der Waals surface area contributed by atoms with Gasteiger partial charge < -0.3 is 24.8 Å². The van der Waals surface area contributed by atoms with E-state index in [4.69, 9.17) is 4.74 Å². The van der Waals surface area contributed by atoms with Crippen LogP contribution in [0, 0.1) is 0 Å². The van der Waals surface area contributed by atoms with Crippen molar-refractivity contribution >= 4 is 40.0 Å². The van der Waals surface area contributed by atoms with E-state index in [1.54, 1.807) is 0 Å². The number of carbonyl (C=O) groups excluding carboxylic acids is 1. The third-order valence-corrected chi connectivity index (χ3v) is 6.43. The second-order valence-corrected chi connectivity index (χ2v) is 9.10. The molecule has 0 saturated heterocycles. The van der Waals surface area contributed by atoms with Gasteiger partial charge in [-0.1, -0.05) is 38.1 Å². The summed E-state index contributed by atoms with van der Waals surface area (Å²) in [6, 6.07) is 14.7. The summed E-state index contributed by atoms with van der Waals surface area (Å²) < 4.78 is 6.98. The molecule has 1 heterocycles. The Morgan fingerprint density at radius 3 is 2.32 bits per heavy atom. The molecule has 2 N–H and O–H groups in total. The fraction of sp³-hybridized carbons (Fsp3) is 0.357. The minimum atomic E-state index is -0.809. The van der Waals surface area contributed by atoms with Crippen molar-refractivity contribution in [2.45, 2.75) is 39.2 Å². The lowest BCUT2D eigenvalue weighted by molar-refractivity contribution is -0.141. The van der Waals surface area contributed by atoms with Gasteiger partial charge in [-0.15, -0.1) is 0 Å². The zero-order chi connectivity index (χ0) is 26.5. The number of hydrogen-bond acceptors (Lipinski definition) is 8. The van der Waals surface area contributed by atoms with Crippen LogP contribution in [0.15, 0.2) is 58.1 Å². The van der Waals surface area contributed by atoms with E-state index >= 15 is 0 Å². The summed E-state index contributed by atoms with van der Waals surface area (Å²) in [6.07, 6.45) is 1.97. The van der Waals surface area contributed by atoms with Crippen LogP contribution in [0.2, 0.25) is 0 Å². The molecule has 37 heavy (non-hydrogen) atoms. The zero-order valence-electron chi connectivity index (χ0n) is 21.7. The van der Waals surface area contributed by atoms with Crippen molar-refractivity contribution in [2.75, 3.05) is 35.7 Å². The van der Waals surface area contributed by atoms with Crippen LogP contribution in [0.5, 0.6) is 0 Å². The van der Waals surface area contributed by atoms with E-state index in [1.165, 1.54) is 7.11 Å². The number of esters is 1. The number of methoxy groups -OCH3 is 1. The van der Waals surface area contributed by atoms with Crippen molar-refractivity contribution in [3.05, 3.63) is 74.5 Å². The third-order valence-electron chi connectivity index (χ3n) is 6.43. The summed E-state index contributed by atoms with van der Waals surface area (Å²) in [5.41, 5.74) is 3.12. The molecule has 3 aromatic carbocycles. The average Bonchev–Trinajstić information content (AvgIpc) is 3.23. The first-order valence-corrected chi connectivity index (χ1v) is 12.6. The normalized spacial score (nSPS) is 12.0. The second-order valence-electron chi connectivity index (χ2n) is 9.10. The maximum Gasteiger partial charge on any atom is 0.328 e. The van der Waals surface area contributed by atoms with Gasteiger partial charge in [0.15, 0.2) is 0 Å². The Labute approximate surface area is 215 Å². The Hall–Kier alpha value is -4.14. The topological polar surface area (TPSA) is 106 Å². The summed E-state index contributed by atoms with van der Waals surface area (Å²) in [6.45, 7) is 5.37. The summed E-state index contributed by atoms with van der Waals surface area (Å²) >= 11 is 0. The molecule has 194 valence electrons. The average molecular weight is 504 g/mol. The Kier molecular flexibility index (Phi) is 7.91. The molecule has 1 aromatic heterocycles. The summed E-state index contributed by atoms with van der Waals surface area (Å²) in [5.74, 6) is 0.220. The molecule has 0 fully saturated rings. The van der Waals surface area contributed by atoms with Gasteiger partial charge in [0.2, 0.25) is 5.95 Å². The van der Waals surface area contributed by atoms with Crippen molar-refractivity contribution < 1.29 is 9.53 Å². The molecule has 0 amide bonds. The van der Waals surface area contributed by atoms with Gasteiger partial charge in [0, 0.05) is 32.2 Å². The molecule has 1 atom stereocenters. The SMILES string of the molecule is CCCN(CCC)c1c(N[C@@H](Cc2ccc(Nc3nc4ccccc4n3C)cc2)C(=O)OC)c(=O)c1=O. The van der Waals surface area contributed by atoms with Gasteiger partial charge in [-0.25, -0.2) is 9.78 Å². The lowest BCUT2D eigenvalue weighted by Crippen LogP contribution is -2.46. The lowest BCUT2D eigenvalue weighted by Gasteiger charge is -2.28. The number of nitrogens with zero attached hydrogens (tertiary/aromatic N) is 3. The molecule has 0 aliphatic carbocycles. The van der Waals surface area contributed by atoms with Crippen molar-refractivity contribution in [3.8, 4) is 0 Å². The lowest BCUT2D eigenvalue weighted by atomic mass is 10.0. The number of ether oxygens (including phenoxy) is 1. The van der Waals surface area contributed by atoms with Crippen LogP contribution in [-0.2, 0) is 23.0 Å². The highest BCUT2D eigenvalue weighted by atomic mass is 16.5. The molecule has 0 spiro atoms. The minimum absolute atomic E-state index is 0.197. The van der Waals surface area contributed by atoms with Crippen LogP contribution < -0.4 is 26.4 Å². The smallest absolute Gasteiger partial charge is 0.328 e. The Morgan fingerprint density at radius 2 is 1.70 bits per heavy atom. The summed E-state index contributed by atoms with van der Waals surface area (Å²) in [7, 11) is 3.26. The number of nitrogens with one attached hydrogen (secondary N) is 2. The Bertz CT molecular complexity index is 1440. The first-order chi connectivity index (χ1) is 17.9. The molecule has 0 aliphatic rings. The quantitative estimate of drug-likeness (QED) is 0.223. The number of anilines is 4. The number of carbonyl (C=O) groups is 1. The number of para-hydroxylation sites is 2. The van der Waals surface area contributed by atoms with Crippen molar-refractivity contribution in [1.29, 1.82) is 0 Å². The van der Waals surface area contributed by atoms with E-state index in [9.17, 15) is 14.4 Å². The second kappa shape index (κ2) is 11.3. The van der Waals surface area contributed by atoms with Crippen LogP contribution in [0.1, 0.15) is 32.3 Å². The van der Waals surface area contributed by atoms with E-state index in [1.807, 2.05) is 78.9 Å². The third kappa shape index (κ3) is 5.35. The van der Waals surface area contributed by atoms with Gasteiger partial charge in [-0.3, -0.25) is 9.59 Å². The maximum atomic E-state index is 12.6. The van der Waals surface area contributed by atoms with Crippen LogP contribution >= 0.6 is 0 Å². The highest BCUT2D eigenvalue weighted by Crippen LogP contribution is 2.24. The molecular formula is C28H33N5O4. The molecule has 4 aromatic rings. The van der Waals surface area contributed by atoms with E-state index < -0.39 is 22.9 Å². The Morgan fingerprint density at radius 1 is 1.03 bits per heavy atom. The van der Waals surface area contributed by atoms with E-state index in [0.29, 0.717) is 25.2 Å². The number of imidazole rings is 1. The van der Waals surface area contributed by atoms with E-state index in [0.717, 1.165) is 41.1 Å². The minimum Gasteiger partial charge on any atom is -0.467 e. The summed E-state index contributed by atoms with van der Waals surface area (Å²) in [4.78, 5) is 44.0. The van der Waals surface area contributed by atoms with Crippen LogP contribution in [0.4, 0.5) is 23.0 Å². The molecule has 0 aliphatic heterocycles.